The Morgan fingerprint density at radius 1 is 1.06 bits per heavy atom. The lowest BCUT2D eigenvalue weighted by molar-refractivity contribution is -0.121. The number of anilines is 1. The topological polar surface area (TPSA) is 85.2 Å². The van der Waals surface area contributed by atoms with E-state index < -0.39 is 0 Å². The number of carbonyl (C=O) groups excluding carboxylic acids is 2. The Balaban J connectivity index is 1.65. The molecule has 2 aromatic carbocycles. The number of benzene rings is 2. The summed E-state index contributed by atoms with van der Waals surface area (Å²) < 4.78 is 6.57. The number of aryl methyl sites for hydroxylation is 1. The SMILES string of the molecule is COCC(=O)Nc1cccc(CNC(=O)Cc2c(C)nn(-c3ccc(Cl)c(Cl)c3)c2C)c1. The normalized spacial score (nSPS) is 10.8. The van der Waals surface area contributed by atoms with Crippen LogP contribution in [0.15, 0.2) is 42.5 Å². The molecule has 0 unspecified atom stereocenters. The average molecular weight is 475 g/mol. The number of methoxy groups -OCH3 is 1. The Bertz CT molecular complexity index is 1140. The van der Waals surface area contributed by atoms with E-state index in [1.54, 1.807) is 22.9 Å². The molecule has 0 radical (unpaired) electrons. The lowest BCUT2D eigenvalue weighted by Crippen LogP contribution is -2.25. The molecular formula is C23H24Cl2N4O3. The summed E-state index contributed by atoms with van der Waals surface area (Å²) >= 11 is 12.1. The molecule has 1 aromatic heterocycles. The van der Waals surface area contributed by atoms with E-state index in [-0.39, 0.29) is 24.8 Å². The molecule has 3 aromatic rings. The van der Waals surface area contributed by atoms with Crippen molar-refractivity contribution < 1.29 is 14.3 Å². The first kappa shape index (κ1) is 23.8. The zero-order chi connectivity index (χ0) is 23.3. The molecule has 3 rings (SSSR count). The summed E-state index contributed by atoms with van der Waals surface area (Å²) in [5.41, 5.74) is 4.78. The summed E-state index contributed by atoms with van der Waals surface area (Å²) in [5.74, 6) is -0.364. The summed E-state index contributed by atoms with van der Waals surface area (Å²) in [5, 5.41) is 11.1. The van der Waals surface area contributed by atoms with E-state index in [1.807, 2.05) is 38.1 Å². The minimum Gasteiger partial charge on any atom is -0.375 e. The first-order valence-corrected chi connectivity index (χ1v) is 10.7. The van der Waals surface area contributed by atoms with Crippen molar-refractivity contribution in [1.29, 1.82) is 0 Å². The Morgan fingerprint density at radius 2 is 1.84 bits per heavy atom. The third-order valence-corrected chi connectivity index (χ3v) is 5.64. The van der Waals surface area contributed by atoms with Gasteiger partial charge in [0.1, 0.15) is 6.61 Å². The van der Waals surface area contributed by atoms with E-state index >= 15 is 0 Å². The van der Waals surface area contributed by atoms with Gasteiger partial charge in [-0.2, -0.15) is 5.10 Å². The highest BCUT2D eigenvalue weighted by Gasteiger charge is 2.16. The minimum atomic E-state index is -0.237. The van der Waals surface area contributed by atoms with Gasteiger partial charge < -0.3 is 15.4 Å². The Morgan fingerprint density at radius 3 is 2.56 bits per heavy atom. The van der Waals surface area contributed by atoms with E-state index in [9.17, 15) is 9.59 Å². The fourth-order valence-corrected chi connectivity index (χ4v) is 3.60. The largest absolute Gasteiger partial charge is 0.375 e. The number of carbonyl (C=O) groups is 2. The summed E-state index contributed by atoms with van der Waals surface area (Å²) in [7, 11) is 1.46. The van der Waals surface area contributed by atoms with Crippen LogP contribution in [0.2, 0.25) is 10.0 Å². The molecule has 1 heterocycles. The molecule has 168 valence electrons. The third-order valence-electron chi connectivity index (χ3n) is 4.90. The number of hydrogen-bond acceptors (Lipinski definition) is 4. The number of aromatic nitrogens is 2. The molecule has 32 heavy (non-hydrogen) atoms. The van der Waals surface area contributed by atoms with Crippen LogP contribution in [0.25, 0.3) is 5.69 Å². The molecule has 2 amide bonds. The van der Waals surface area contributed by atoms with Crippen LogP contribution in [0.4, 0.5) is 5.69 Å². The number of ether oxygens (including phenoxy) is 1. The zero-order valence-corrected chi connectivity index (χ0v) is 19.5. The van der Waals surface area contributed by atoms with Crippen molar-refractivity contribution >= 4 is 40.7 Å². The molecule has 0 aliphatic carbocycles. The van der Waals surface area contributed by atoms with Crippen molar-refractivity contribution in [3.63, 3.8) is 0 Å². The van der Waals surface area contributed by atoms with Gasteiger partial charge in [-0.25, -0.2) is 4.68 Å². The maximum Gasteiger partial charge on any atom is 0.250 e. The number of nitrogens with one attached hydrogen (secondary N) is 2. The predicted molar refractivity (Wildman–Crippen MR) is 126 cm³/mol. The van der Waals surface area contributed by atoms with Crippen LogP contribution in [-0.4, -0.2) is 35.3 Å². The van der Waals surface area contributed by atoms with Crippen LogP contribution in [0, 0.1) is 13.8 Å². The molecule has 0 spiro atoms. The first-order valence-electron chi connectivity index (χ1n) is 9.93. The van der Waals surface area contributed by atoms with E-state index in [0.29, 0.717) is 22.3 Å². The molecule has 0 fully saturated rings. The number of hydrogen-bond donors (Lipinski definition) is 2. The number of halogens is 2. The fraction of sp³-hybridized carbons (Fsp3) is 0.261. The molecule has 9 heteroatoms. The third kappa shape index (κ3) is 5.88. The highest BCUT2D eigenvalue weighted by atomic mass is 35.5. The van der Waals surface area contributed by atoms with E-state index in [2.05, 4.69) is 15.7 Å². The minimum absolute atomic E-state index is 0.0183. The summed E-state index contributed by atoms with van der Waals surface area (Å²) in [6, 6.07) is 12.6. The second kappa shape index (κ2) is 10.6. The zero-order valence-electron chi connectivity index (χ0n) is 18.0. The van der Waals surface area contributed by atoms with Crippen molar-refractivity contribution in [3.05, 3.63) is 75.0 Å². The van der Waals surface area contributed by atoms with E-state index in [1.165, 1.54) is 7.11 Å². The van der Waals surface area contributed by atoms with Gasteiger partial charge in [-0.15, -0.1) is 0 Å². The van der Waals surface area contributed by atoms with Crippen molar-refractivity contribution in [3.8, 4) is 5.69 Å². The molecule has 7 nitrogen and oxygen atoms in total. The second-order valence-electron chi connectivity index (χ2n) is 7.29. The number of rotatable bonds is 8. The van der Waals surface area contributed by atoms with Gasteiger partial charge in [-0.05, 0) is 49.7 Å². The van der Waals surface area contributed by atoms with Crippen LogP contribution < -0.4 is 10.6 Å². The van der Waals surface area contributed by atoms with Gasteiger partial charge >= 0.3 is 0 Å². The molecule has 0 atom stereocenters. The van der Waals surface area contributed by atoms with Crippen molar-refractivity contribution in [2.24, 2.45) is 0 Å². The highest BCUT2D eigenvalue weighted by Crippen LogP contribution is 2.26. The van der Waals surface area contributed by atoms with E-state index in [4.69, 9.17) is 27.9 Å². The Kier molecular flexibility index (Phi) is 7.90. The monoisotopic (exact) mass is 474 g/mol. The van der Waals surface area contributed by atoms with Gasteiger partial charge in [0.15, 0.2) is 0 Å². The molecule has 2 N–H and O–H groups in total. The first-order chi connectivity index (χ1) is 15.3. The van der Waals surface area contributed by atoms with Gasteiger partial charge in [-0.3, -0.25) is 9.59 Å². The molecule has 0 saturated heterocycles. The lowest BCUT2D eigenvalue weighted by Gasteiger charge is -2.09. The van der Waals surface area contributed by atoms with Crippen LogP contribution in [0.3, 0.4) is 0 Å². The molecule has 0 saturated carbocycles. The van der Waals surface area contributed by atoms with Crippen LogP contribution in [-0.2, 0) is 27.3 Å². The van der Waals surface area contributed by atoms with Gasteiger partial charge in [0.25, 0.3) is 0 Å². The fourth-order valence-electron chi connectivity index (χ4n) is 3.31. The van der Waals surface area contributed by atoms with Crippen LogP contribution >= 0.6 is 23.2 Å². The van der Waals surface area contributed by atoms with Crippen molar-refractivity contribution in [2.75, 3.05) is 19.0 Å². The molecular weight excluding hydrogens is 451 g/mol. The quantitative estimate of drug-likeness (QED) is 0.511. The van der Waals surface area contributed by atoms with E-state index in [0.717, 1.165) is 28.2 Å². The Labute approximate surface area is 196 Å². The lowest BCUT2D eigenvalue weighted by atomic mass is 10.1. The smallest absolute Gasteiger partial charge is 0.250 e. The standard InChI is InChI=1S/C23H24Cl2N4O3/c1-14-19(15(2)29(28-14)18-7-8-20(24)21(25)10-18)11-22(30)26-12-16-5-4-6-17(9-16)27-23(31)13-32-3/h4-10H,11-13H2,1-3H3,(H,26,30)(H,27,31). The maximum atomic E-state index is 12.6. The van der Waals surface area contributed by atoms with Gasteiger partial charge in [-0.1, -0.05) is 35.3 Å². The van der Waals surface area contributed by atoms with Crippen LogP contribution in [0.1, 0.15) is 22.5 Å². The highest BCUT2D eigenvalue weighted by molar-refractivity contribution is 6.42. The van der Waals surface area contributed by atoms with Gasteiger partial charge in [0.2, 0.25) is 11.8 Å². The van der Waals surface area contributed by atoms with Gasteiger partial charge in [0, 0.05) is 30.6 Å². The average Bonchev–Trinajstić information content (AvgIpc) is 3.03. The predicted octanol–water partition coefficient (Wildman–Crippen LogP) is 4.24. The number of amides is 2. The summed E-state index contributed by atoms with van der Waals surface area (Å²) in [6.45, 7) is 4.11. The molecule has 0 bridgehead atoms. The van der Waals surface area contributed by atoms with Crippen LogP contribution in [0.5, 0.6) is 0 Å². The summed E-state index contributed by atoms with van der Waals surface area (Å²) in [6.07, 6.45) is 0.198. The number of nitrogens with zero attached hydrogens (tertiary/aromatic N) is 2. The Hall–Kier alpha value is -2.87. The molecule has 0 aliphatic heterocycles. The second-order valence-corrected chi connectivity index (χ2v) is 8.11. The van der Waals surface area contributed by atoms with Crippen molar-refractivity contribution in [2.45, 2.75) is 26.8 Å². The van der Waals surface area contributed by atoms with Gasteiger partial charge in [0.05, 0.1) is 27.8 Å². The summed E-state index contributed by atoms with van der Waals surface area (Å²) in [4.78, 5) is 24.3. The van der Waals surface area contributed by atoms with Crippen molar-refractivity contribution in [1.82, 2.24) is 15.1 Å². The maximum absolute atomic E-state index is 12.6. The molecule has 0 aliphatic rings.